The lowest BCUT2D eigenvalue weighted by Gasteiger charge is -2.03. The number of hydrogen-bond donors (Lipinski definition) is 0. The summed E-state index contributed by atoms with van der Waals surface area (Å²) in [4.78, 5) is 6.15. The number of nitrogens with zero attached hydrogens (tertiary/aromatic N) is 3. The highest BCUT2D eigenvalue weighted by Crippen LogP contribution is 2.26. The number of rotatable bonds is 4. The van der Waals surface area contributed by atoms with E-state index in [2.05, 4.69) is 4.99 Å². The SMILES string of the molecule is CC(=Nn1c(-c2cccs2)csc1=Nc1ccccc1F)c1ccc(C)o1. The van der Waals surface area contributed by atoms with Crippen LogP contribution in [0.3, 0.4) is 0 Å². The highest BCUT2D eigenvalue weighted by molar-refractivity contribution is 7.14. The van der Waals surface area contributed by atoms with Crippen molar-refractivity contribution in [2.24, 2.45) is 10.1 Å². The van der Waals surface area contributed by atoms with Gasteiger partial charge in [-0.25, -0.2) is 14.1 Å². The minimum Gasteiger partial charge on any atom is -0.460 e. The van der Waals surface area contributed by atoms with E-state index in [1.54, 1.807) is 34.2 Å². The smallest absolute Gasteiger partial charge is 0.211 e. The molecule has 4 nitrogen and oxygen atoms in total. The zero-order chi connectivity index (χ0) is 18.8. The molecule has 3 heterocycles. The first-order chi connectivity index (χ1) is 13.1. The van der Waals surface area contributed by atoms with Crippen molar-refractivity contribution in [2.45, 2.75) is 13.8 Å². The summed E-state index contributed by atoms with van der Waals surface area (Å²) in [6.45, 7) is 3.78. The second-order valence-electron chi connectivity index (χ2n) is 5.85. The summed E-state index contributed by atoms with van der Waals surface area (Å²) in [5.74, 6) is 1.15. The van der Waals surface area contributed by atoms with Crippen LogP contribution >= 0.6 is 22.7 Å². The van der Waals surface area contributed by atoms with Gasteiger partial charge < -0.3 is 4.42 Å². The molecule has 0 aliphatic rings. The predicted octanol–water partition coefficient (Wildman–Crippen LogP) is 5.82. The number of aromatic nitrogens is 1. The van der Waals surface area contributed by atoms with E-state index in [-0.39, 0.29) is 11.5 Å². The quantitative estimate of drug-likeness (QED) is 0.400. The van der Waals surface area contributed by atoms with Crippen molar-refractivity contribution in [3.05, 3.63) is 81.4 Å². The minimum atomic E-state index is -0.363. The third-order valence-electron chi connectivity index (χ3n) is 3.87. The Labute approximate surface area is 163 Å². The Balaban J connectivity index is 1.90. The third kappa shape index (κ3) is 3.70. The fraction of sp³-hybridized carbons (Fsp3) is 0.100. The zero-order valence-electron chi connectivity index (χ0n) is 14.7. The van der Waals surface area contributed by atoms with Crippen molar-refractivity contribution in [1.82, 2.24) is 4.68 Å². The molecule has 136 valence electrons. The van der Waals surface area contributed by atoms with Gasteiger partial charge in [0.1, 0.15) is 28.7 Å². The van der Waals surface area contributed by atoms with Gasteiger partial charge in [0, 0.05) is 5.38 Å². The van der Waals surface area contributed by atoms with E-state index >= 15 is 0 Å². The van der Waals surface area contributed by atoms with Crippen LogP contribution in [0.25, 0.3) is 10.6 Å². The van der Waals surface area contributed by atoms with Crippen molar-refractivity contribution in [3.63, 3.8) is 0 Å². The molecule has 0 amide bonds. The van der Waals surface area contributed by atoms with Crippen molar-refractivity contribution >= 4 is 34.1 Å². The molecule has 0 saturated heterocycles. The molecule has 27 heavy (non-hydrogen) atoms. The first-order valence-corrected chi connectivity index (χ1v) is 10.0. The van der Waals surface area contributed by atoms with E-state index in [0.717, 1.165) is 16.3 Å². The molecule has 4 rings (SSSR count). The maximum Gasteiger partial charge on any atom is 0.211 e. The van der Waals surface area contributed by atoms with E-state index in [4.69, 9.17) is 9.52 Å². The second kappa shape index (κ2) is 7.46. The summed E-state index contributed by atoms with van der Waals surface area (Å²) in [7, 11) is 0. The van der Waals surface area contributed by atoms with Crippen LogP contribution in [0.15, 0.2) is 73.8 Å². The lowest BCUT2D eigenvalue weighted by Crippen LogP contribution is -2.13. The van der Waals surface area contributed by atoms with Crippen LogP contribution in [0.2, 0.25) is 0 Å². The van der Waals surface area contributed by atoms with Gasteiger partial charge in [-0.1, -0.05) is 18.2 Å². The van der Waals surface area contributed by atoms with Crippen LogP contribution < -0.4 is 4.80 Å². The molecule has 0 saturated carbocycles. The van der Waals surface area contributed by atoms with Gasteiger partial charge in [0.25, 0.3) is 0 Å². The van der Waals surface area contributed by atoms with Gasteiger partial charge in [0.2, 0.25) is 4.80 Å². The van der Waals surface area contributed by atoms with E-state index in [1.165, 1.54) is 17.4 Å². The normalized spacial score (nSPS) is 12.7. The Bertz CT molecular complexity index is 1170. The fourth-order valence-electron chi connectivity index (χ4n) is 2.54. The van der Waals surface area contributed by atoms with Crippen molar-refractivity contribution in [3.8, 4) is 10.6 Å². The lowest BCUT2D eigenvalue weighted by atomic mass is 10.3. The standard InChI is InChI=1S/C20H16FN3OS2/c1-13-9-10-18(25-13)14(2)23-24-17(19-8-5-11-26-19)12-27-20(24)22-16-7-4-3-6-15(16)21/h3-12H,1-2H3. The molecule has 0 N–H and O–H groups in total. The molecule has 0 aliphatic carbocycles. The van der Waals surface area contributed by atoms with Crippen LogP contribution in [0, 0.1) is 12.7 Å². The van der Waals surface area contributed by atoms with Gasteiger partial charge in [-0.15, -0.1) is 22.7 Å². The summed E-state index contributed by atoms with van der Waals surface area (Å²) in [6.07, 6.45) is 0. The van der Waals surface area contributed by atoms with Gasteiger partial charge in [-0.2, -0.15) is 5.10 Å². The molecular weight excluding hydrogens is 381 g/mol. The summed E-state index contributed by atoms with van der Waals surface area (Å²) in [5, 5.41) is 8.72. The largest absolute Gasteiger partial charge is 0.460 e. The Morgan fingerprint density at radius 3 is 2.63 bits per heavy atom. The highest BCUT2D eigenvalue weighted by Gasteiger charge is 2.11. The third-order valence-corrected chi connectivity index (χ3v) is 5.58. The molecule has 0 fully saturated rings. The second-order valence-corrected chi connectivity index (χ2v) is 7.64. The fourth-order valence-corrected chi connectivity index (χ4v) is 4.18. The van der Waals surface area contributed by atoms with Gasteiger partial charge in [-0.05, 0) is 49.6 Å². The lowest BCUT2D eigenvalue weighted by molar-refractivity contribution is 0.524. The predicted molar refractivity (Wildman–Crippen MR) is 108 cm³/mol. The molecule has 1 aromatic carbocycles. The van der Waals surface area contributed by atoms with E-state index in [9.17, 15) is 4.39 Å². The van der Waals surface area contributed by atoms with Crippen LogP contribution in [-0.4, -0.2) is 10.4 Å². The van der Waals surface area contributed by atoms with Crippen LogP contribution in [0.1, 0.15) is 18.4 Å². The number of para-hydroxylation sites is 1. The number of halogens is 1. The van der Waals surface area contributed by atoms with Gasteiger partial charge in [-0.3, -0.25) is 0 Å². The number of benzene rings is 1. The number of thiazole rings is 1. The van der Waals surface area contributed by atoms with E-state index < -0.39 is 0 Å². The molecule has 0 unspecified atom stereocenters. The molecule has 3 aromatic heterocycles. The van der Waals surface area contributed by atoms with Crippen LogP contribution in [0.4, 0.5) is 10.1 Å². The molecule has 0 spiro atoms. The molecule has 4 aromatic rings. The number of hydrogen-bond acceptors (Lipinski definition) is 5. The van der Waals surface area contributed by atoms with E-state index in [1.807, 2.05) is 48.9 Å². The maximum absolute atomic E-state index is 14.1. The average molecular weight is 398 g/mol. The topological polar surface area (TPSA) is 42.8 Å². The molecule has 0 radical (unpaired) electrons. The number of furan rings is 1. The van der Waals surface area contributed by atoms with Crippen molar-refractivity contribution < 1.29 is 8.81 Å². The molecular formula is C20H16FN3OS2. The van der Waals surface area contributed by atoms with Gasteiger partial charge in [0.05, 0.1) is 10.6 Å². The van der Waals surface area contributed by atoms with E-state index in [0.29, 0.717) is 16.3 Å². The monoisotopic (exact) mass is 397 g/mol. The first-order valence-electron chi connectivity index (χ1n) is 8.28. The summed E-state index contributed by atoms with van der Waals surface area (Å²) < 4.78 is 21.5. The maximum atomic E-state index is 14.1. The zero-order valence-corrected chi connectivity index (χ0v) is 16.4. The van der Waals surface area contributed by atoms with Gasteiger partial charge in [0.15, 0.2) is 0 Å². The van der Waals surface area contributed by atoms with Gasteiger partial charge >= 0.3 is 0 Å². The van der Waals surface area contributed by atoms with Crippen LogP contribution in [0.5, 0.6) is 0 Å². The summed E-state index contributed by atoms with van der Waals surface area (Å²) in [5.41, 5.74) is 1.91. The molecule has 0 bridgehead atoms. The Morgan fingerprint density at radius 1 is 1.07 bits per heavy atom. The number of aryl methyl sites for hydroxylation is 1. The summed E-state index contributed by atoms with van der Waals surface area (Å²) in [6, 6.07) is 14.3. The average Bonchev–Trinajstić information content (AvgIpc) is 3.39. The number of thiophene rings is 1. The van der Waals surface area contributed by atoms with Crippen molar-refractivity contribution in [2.75, 3.05) is 0 Å². The van der Waals surface area contributed by atoms with Crippen molar-refractivity contribution in [1.29, 1.82) is 0 Å². The first kappa shape index (κ1) is 17.6. The molecule has 7 heteroatoms. The molecule has 0 atom stereocenters. The minimum absolute atomic E-state index is 0.285. The Morgan fingerprint density at radius 2 is 1.93 bits per heavy atom. The highest BCUT2D eigenvalue weighted by atomic mass is 32.1. The Kier molecular flexibility index (Phi) is 4.87. The molecule has 0 aliphatic heterocycles. The summed E-state index contributed by atoms with van der Waals surface area (Å²) >= 11 is 3.04. The Hall–Kier alpha value is -2.77. The van der Waals surface area contributed by atoms with Crippen LogP contribution in [-0.2, 0) is 0 Å².